The summed E-state index contributed by atoms with van der Waals surface area (Å²) in [6.45, 7) is 8.36. The first kappa shape index (κ1) is 24.2. The maximum atomic E-state index is 13.8. The Balaban J connectivity index is 1.80. The Hall–Kier alpha value is -3.93. The molecule has 0 aliphatic heterocycles. The van der Waals surface area contributed by atoms with Crippen molar-refractivity contribution >= 4 is 16.8 Å². The molecule has 0 aliphatic rings. The fourth-order valence-electron chi connectivity index (χ4n) is 4.28. The van der Waals surface area contributed by atoms with Gasteiger partial charge in [0.05, 0.1) is 22.6 Å². The minimum atomic E-state index is -0.445. The van der Waals surface area contributed by atoms with Crippen LogP contribution in [-0.4, -0.2) is 33.5 Å². The molecule has 0 saturated carbocycles. The number of hydrogen-bond donors (Lipinski definition) is 0. The van der Waals surface area contributed by atoms with Gasteiger partial charge in [-0.15, -0.1) is 0 Å². The molecule has 0 radical (unpaired) electrons. The molecule has 1 amide bonds. The molecule has 4 rings (SSSR count). The molecule has 6 nitrogen and oxygen atoms in total. The molecule has 1 heterocycles. The molecule has 4 aromatic rings. The highest BCUT2D eigenvalue weighted by molar-refractivity contribution is 5.79. The van der Waals surface area contributed by atoms with Crippen molar-refractivity contribution in [2.24, 2.45) is 0 Å². The highest BCUT2D eigenvalue weighted by Gasteiger charge is 2.27. The summed E-state index contributed by atoms with van der Waals surface area (Å²) in [5, 5.41) is 0.546. The lowest BCUT2D eigenvalue weighted by molar-refractivity contribution is -0.135. The lowest BCUT2D eigenvalue weighted by Gasteiger charge is -2.30. The van der Waals surface area contributed by atoms with Crippen LogP contribution >= 0.6 is 0 Å². The predicted octanol–water partition coefficient (Wildman–Crippen LogP) is 5.38. The molecule has 0 fully saturated rings. The summed E-state index contributed by atoms with van der Waals surface area (Å²) < 4.78 is 7.41. The van der Waals surface area contributed by atoms with Crippen LogP contribution in [-0.2, 0) is 4.79 Å². The van der Waals surface area contributed by atoms with E-state index in [0.717, 1.165) is 23.2 Å². The van der Waals surface area contributed by atoms with Gasteiger partial charge in [-0.1, -0.05) is 49.4 Å². The van der Waals surface area contributed by atoms with Crippen molar-refractivity contribution in [1.82, 2.24) is 14.5 Å². The van der Waals surface area contributed by atoms with Gasteiger partial charge in [-0.2, -0.15) is 0 Å². The van der Waals surface area contributed by atoms with Crippen molar-refractivity contribution in [2.75, 3.05) is 13.2 Å². The fourth-order valence-corrected chi connectivity index (χ4v) is 4.28. The van der Waals surface area contributed by atoms with Crippen molar-refractivity contribution in [3.05, 3.63) is 100 Å². The Bertz CT molecular complexity index is 1400. The summed E-state index contributed by atoms with van der Waals surface area (Å²) >= 11 is 0. The van der Waals surface area contributed by atoms with Crippen LogP contribution in [0.25, 0.3) is 16.6 Å². The Labute approximate surface area is 205 Å². The van der Waals surface area contributed by atoms with Gasteiger partial charge in [-0.25, -0.2) is 4.98 Å². The smallest absolute Gasteiger partial charge is 0.266 e. The van der Waals surface area contributed by atoms with Crippen LogP contribution in [0.3, 0.4) is 0 Å². The SMILES string of the molecule is CCCN(C(=O)COc1ccccc1)C(C)c1nc2ccccc2c(=O)n1-c1cc(C)ccc1C. The van der Waals surface area contributed by atoms with Gasteiger partial charge in [0.25, 0.3) is 11.5 Å². The lowest BCUT2D eigenvalue weighted by atomic mass is 10.1. The number of para-hydroxylation sites is 2. The molecule has 3 aromatic carbocycles. The van der Waals surface area contributed by atoms with Gasteiger partial charge >= 0.3 is 0 Å². The number of aromatic nitrogens is 2. The molecule has 0 aliphatic carbocycles. The summed E-state index contributed by atoms with van der Waals surface area (Å²) in [5.41, 5.74) is 3.26. The standard InChI is InChI=1S/C29H31N3O3/c1-5-17-31(27(33)19-35-23-11-7-6-8-12-23)22(4)28-30-25-14-10-9-13-24(25)29(34)32(28)26-18-20(2)15-16-21(26)3/h6-16,18,22H,5,17,19H2,1-4H3. The van der Waals surface area contributed by atoms with Gasteiger partial charge in [0, 0.05) is 6.54 Å². The molecule has 180 valence electrons. The molecule has 0 spiro atoms. The van der Waals surface area contributed by atoms with E-state index >= 15 is 0 Å². The van der Waals surface area contributed by atoms with Crippen LogP contribution in [0.15, 0.2) is 77.6 Å². The van der Waals surface area contributed by atoms with Crippen molar-refractivity contribution in [2.45, 2.75) is 40.2 Å². The normalized spacial score (nSPS) is 11.9. The zero-order chi connectivity index (χ0) is 24.9. The Morgan fingerprint density at radius 3 is 2.49 bits per heavy atom. The minimum absolute atomic E-state index is 0.0877. The average molecular weight is 470 g/mol. The molecule has 1 unspecified atom stereocenters. The molecular weight excluding hydrogens is 438 g/mol. The van der Waals surface area contributed by atoms with Gasteiger partial charge in [-0.05, 0) is 68.7 Å². The second kappa shape index (κ2) is 10.6. The number of hydrogen-bond acceptors (Lipinski definition) is 4. The third-order valence-electron chi connectivity index (χ3n) is 6.14. The van der Waals surface area contributed by atoms with E-state index in [9.17, 15) is 9.59 Å². The maximum Gasteiger partial charge on any atom is 0.266 e. The van der Waals surface area contributed by atoms with E-state index in [1.54, 1.807) is 15.5 Å². The number of ether oxygens (including phenoxy) is 1. The van der Waals surface area contributed by atoms with Gasteiger partial charge in [-0.3, -0.25) is 14.2 Å². The summed E-state index contributed by atoms with van der Waals surface area (Å²) in [7, 11) is 0. The summed E-state index contributed by atoms with van der Waals surface area (Å²) in [6.07, 6.45) is 0.767. The highest BCUT2D eigenvalue weighted by atomic mass is 16.5. The number of aryl methyl sites for hydroxylation is 2. The van der Waals surface area contributed by atoms with Crippen LogP contribution < -0.4 is 10.3 Å². The largest absolute Gasteiger partial charge is 0.484 e. The summed E-state index contributed by atoms with van der Waals surface area (Å²) in [6, 6.07) is 22.2. The second-order valence-electron chi connectivity index (χ2n) is 8.78. The number of carbonyl (C=O) groups excluding carboxylic acids is 1. The number of amides is 1. The Morgan fingerprint density at radius 2 is 1.74 bits per heavy atom. The summed E-state index contributed by atoms with van der Waals surface area (Å²) in [5.74, 6) is 1.02. The average Bonchev–Trinajstić information content (AvgIpc) is 2.87. The van der Waals surface area contributed by atoms with Crippen molar-refractivity contribution in [1.29, 1.82) is 0 Å². The summed E-state index contributed by atoms with van der Waals surface area (Å²) in [4.78, 5) is 33.8. The van der Waals surface area contributed by atoms with Crippen LogP contribution in [0.1, 0.15) is 43.3 Å². The zero-order valence-electron chi connectivity index (χ0n) is 20.7. The topological polar surface area (TPSA) is 64.4 Å². The molecule has 1 atom stereocenters. The van der Waals surface area contributed by atoms with Gasteiger partial charge in [0.2, 0.25) is 0 Å². The third kappa shape index (κ3) is 5.11. The Morgan fingerprint density at radius 1 is 1.03 bits per heavy atom. The molecule has 35 heavy (non-hydrogen) atoms. The minimum Gasteiger partial charge on any atom is -0.484 e. The van der Waals surface area contributed by atoms with Crippen LogP contribution in [0.5, 0.6) is 5.75 Å². The van der Waals surface area contributed by atoms with Crippen molar-refractivity contribution in [3.8, 4) is 11.4 Å². The zero-order valence-corrected chi connectivity index (χ0v) is 20.7. The van der Waals surface area contributed by atoms with E-state index in [2.05, 4.69) is 0 Å². The molecule has 0 bridgehead atoms. The van der Waals surface area contributed by atoms with Gasteiger partial charge in [0.1, 0.15) is 11.6 Å². The molecule has 0 saturated heterocycles. The van der Waals surface area contributed by atoms with E-state index in [1.165, 1.54) is 0 Å². The predicted molar refractivity (Wildman–Crippen MR) is 139 cm³/mol. The number of fused-ring (bicyclic) bond motifs is 1. The third-order valence-corrected chi connectivity index (χ3v) is 6.14. The van der Waals surface area contributed by atoms with E-state index < -0.39 is 6.04 Å². The first-order valence-electron chi connectivity index (χ1n) is 12.0. The molecule has 1 aromatic heterocycles. The van der Waals surface area contributed by atoms with Crippen LogP contribution in [0.4, 0.5) is 0 Å². The highest BCUT2D eigenvalue weighted by Crippen LogP contribution is 2.25. The first-order chi connectivity index (χ1) is 16.9. The second-order valence-corrected chi connectivity index (χ2v) is 8.78. The van der Waals surface area contributed by atoms with Crippen LogP contribution in [0.2, 0.25) is 0 Å². The van der Waals surface area contributed by atoms with E-state index in [-0.39, 0.29) is 18.1 Å². The maximum absolute atomic E-state index is 13.8. The fraction of sp³-hybridized carbons (Fsp3) is 0.276. The molecular formula is C29H31N3O3. The van der Waals surface area contributed by atoms with Crippen molar-refractivity contribution in [3.63, 3.8) is 0 Å². The van der Waals surface area contributed by atoms with Crippen molar-refractivity contribution < 1.29 is 9.53 Å². The number of rotatable bonds is 8. The molecule has 6 heteroatoms. The Kier molecular flexibility index (Phi) is 7.30. The van der Waals surface area contributed by atoms with Crippen LogP contribution in [0, 0.1) is 13.8 Å². The van der Waals surface area contributed by atoms with E-state index in [0.29, 0.717) is 29.0 Å². The van der Waals surface area contributed by atoms with E-state index in [1.807, 2.05) is 94.4 Å². The van der Waals surface area contributed by atoms with Gasteiger partial charge in [0.15, 0.2) is 6.61 Å². The number of benzene rings is 3. The monoisotopic (exact) mass is 469 g/mol. The van der Waals surface area contributed by atoms with E-state index in [4.69, 9.17) is 9.72 Å². The lowest BCUT2D eigenvalue weighted by Crippen LogP contribution is -2.40. The first-order valence-corrected chi connectivity index (χ1v) is 12.0. The molecule has 0 N–H and O–H groups in total. The number of carbonyl (C=O) groups is 1. The number of nitrogens with zero attached hydrogens (tertiary/aromatic N) is 3. The van der Waals surface area contributed by atoms with Gasteiger partial charge < -0.3 is 9.64 Å². The quantitative estimate of drug-likeness (QED) is 0.347.